The summed E-state index contributed by atoms with van der Waals surface area (Å²) >= 11 is 3.56. The van der Waals surface area contributed by atoms with Gasteiger partial charge < -0.3 is 14.2 Å². The van der Waals surface area contributed by atoms with E-state index in [0.717, 1.165) is 34.4 Å². The molecule has 3 aromatic rings. The number of carbonyl (C=O) groups excluding carboxylic acids is 1. The molecule has 2 heterocycles. The third kappa shape index (κ3) is 4.73. The Morgan fingerprint density at radius 2 is 1.81 bits per heavy atom. The normalized spacial score (nSPS) is 14.4. The molecule has 1 aromatic heterocycles. The standard InChI is InChI=1S/C25H22BrN3O2/c1-18-7-9-22(23(26)15-18)24-10-8-21(31-24)16-19(17-27)25(30)29-13-11-28(12-14-29)20-5-3-2-4-6-20/h2-10,15-16H,11-14H2,1H3/b19-16+. The Labute approximate surface area is 190 Å². The molecule has 156 valence electrons. The number of nitrogens with zero attached hydrogens (tertiary/aromatic N) is 3. The molecule has 0 atom stereocenters. The molecule has 4 rings (SSSR count). The zero-order valence-corrected chi connectivity index (χ0v) is 18.8. The van der Waals surface area contributed by atoms with Crippen molar-refractivity contribution in [2.45, 2.75) is 6.92 Å². The molecule has 5 nitrogen and oxygen atoms in total. The first kappa shape index (κ1) is 21.0. The van der Waals surface area contributed by atoms with Crippen LogP contribution >= 0.6 is 15.9 Å². The lowest BCUT2D eigenvalue weighted by Crippen LogP contribution is -2.49. The summed E-state index contributed by atoms with van der Waals surface area (Å²) < 4.78 is 6.83. The molecule has 0 spiro atoms. The highest BCUT2D eigenvalue weighted by atomic mass is 79.9. The molecule has 0 N–H and O–H groups in total. The van der Waals surface area contributed by atoms with Gasteiger partial charge in [-0.2, -0.15) is 5.26 Å². The second kappa shape index (κ2) is 9.23. The number of benzene rings is 2. The minimum Gasteiger partial charge on any atom is -0.457 e. The van der Waals surface area contributed by atoms with E-state index in [2.05, 4.69) is 33.0 Å². The molecule has 1 saturated heterocycles. The summed E-state index contributed by atoms with van der Waals surface area (Å²) in [5.74, 6) is 0.902. The first-order chi connectivity index (χ1) is 15.0. The molecule has 0 aliphatic carbocycles. The highest BCUT2D eigenvalue weighted by Crippen LogP contribution is 2.31. The lowest BCUT2D eigenvalue weighted by molar-refractivity contribution is -0.126. The predicted octanol–water partition coefficient (Wildman–Crippen LogP) is 5.27. The molecule has 6 heteroatoms. The van der Waals surface area contributed by atoms with Crippen LogP contribution in [-0.2, 0) is 4.79 Å². The van der Waals surface area contributed by atoms with Gasteiger partial charge in [0.05, 0.1) is 0 Å². The zero-order chi connectivity index (χ0) is 21.8. The topological polar surface area (TPSA) is 60.5 Å². The van der Waals surface area contributed by atoms with E-state index >= 15 is 0 Å². The fraction of sp³-hybridized carbons (Fsp3) is 0.200. The molecule has 0 unspecified atom stereocenters. The predicted molar refractivity (Wildman–Crippen MR) is 125 cm³/mol. The second-order valence-electron chi connectivity index (χ2n) is 7.47. The van der Waals surface area contributed by atoms with Gasteiger partial charge in [-0.15, -0.1) is 0 Å². The van der Waals surface area contributed by atoms with E-state index in [1.54, 1.807) is 11.0 Å². The Morgan fingerprint density at radius 3 is 2.48 bits per heavy atom. The molecule has 0 radical (unpaired) electrons. The van der Waals surface area contributed by atoms with Crippen molar-refractivity contribution < 1.29 is 9.21 Å². The Kier molecular flexibility index (Phi) is 6.24. The van der Waals surface area contributed by atoms with Crippen LogP contribution in [0, 0.1) is 18.3 Å². The third-order valence-corrected chi connectivity index (χ3v) is 6.00. The number of piperazine rings is 1. The van der Waals surface area contributed by atoms with Crippen LogP contribution in [-0.4, -0.2) is 37.0 Å². The second-order valence-corrected chi connectivity index (χ2v) is 8.32. The first-order valence-corrected chi connectivity index (χ1v) is 10.9. The van der Waals surface area contributed by atoms with Crippen LogP contribution < -0.4 is 4.90 Å². The van der Waals surface area contributed by atoms with Gasteiger partial charge in [0.1, 0.15) is 23.2 Å². The van der Waals surface area contributed by atoms with E-state index < -0.39 is 0 Å². The fourth-order valence-corrected chi connectivity index (χ4v) is 4.34. The maximum absolute atomic E-state index is 12.9. The number of halogens is 1. The van der Waals surface area contributed by atoms with Crippen LogP contribution in [0.3, 0.4) is 0 Å². The Morgan fingerprint density at radius 1 is 1.06 bits per heavy atom. The lowest BCUT2D eigenvalue weighted by atomic mass is 10.1. The average Bonchev–Trinajstić information content (AvgIpc) is 3.26. The van der Waals surface area contributed by atoms with Gasteiger partial charge in [-0.25, -0.2) is 0 Å². The van der Waals surface area contributed by atoms with Crippen LogP contribution in [0.5, 0.6) is 0 Å². The number of hydrogen-bond donors (Lipinski definition) is 0. The molecule has 1 aliphatic rings. The highest BCUT2D eigenvalue weighted by Gasteiger charge is 2.24. The van der Waals surface area contributed by atoms with E-state index in [4.69, 9.17) is 4.42 Å². The van der Waals surface area contributed by atoms with Gasteiger partial charge >= 0.3 is 0 Å². The van der Waals surface area contributed by atoms with Crippen molar-refractivity contribution in [2.75, 3.05) is 31.1 Å². The van der Waals surface area contributed by atoms with Gasteiger partial charge in [0.2, 0.25) is 0 Å². The van der Waals surface area contributed by atoms with Crippen LogP contribution in [0.4, 0.5) is 5.69 Å². The van der Waals surface area contributed by atoms with Crippen LogP contribution in [0.15, 0.2) is 75.1 Å². The molecule has 1 amide bonds. The fourth-order valence-electron chi connectivity index (χ4n) is 3.66. The number of hydrogen-bond acceptors (Lipinski definition) is 4. The number of furan rings is 1. The summed E-state index contributed by atoms with van der Waals surface area (Å²) in [6.07, 6.45) is 1.53. The monoisotopic (exact) mass is 475 g/mol. The summed E-state index contributed by atoms with van der Waals surface area (Å²) in [5, 5.41) is 9.59. The highest BCUT2D eigenvalue weighted by molar-refractivity contribution is 9.10. The number of anilines is 1. The minimum atomic E-state index is -0.260. The van der Waals surface area contributed by atoms with Gasteiger partial charge in [-0.1, -0.05) is 40.2 Å². The van der Waals surface area contributed by atoms with Gasteiger partial charge in [0.15, 0.2) is 0 Å². The number of nitriles is 1. The Bertz CT molecular complexity index is 1150. The van der Waals surface area contributed by atoms with Crippen molar-refractivity contribution in [1.29, 1.82) is 5.26 Å². The summed E-state index contributed by atoms with van der Waals surface area (Å²) in [7, 11) is 0. The van der Waals surface area contributed by atoms with Crippen molar-refractivity contribution in [3.8, 4) is 17.4 Å². The van der Waals surface area contributed by atoms with Crippen LogP contribution in [0.2, 0.25) is 0 Å². The number of para-hydroxylation sites is 1. The molecule has 1 fully saturated rings. The van der Waals surface area contributed by atoms with Crippen LogP contribution in [0.25, 0.3) is 17.4 Å². The maximum atomic E-state index is 12.9. The number of amides is 1. The van der Waals surface area contributed by atoms with Gasteiger partial charge in [0.25, 0.3) is 5.91 Å². The van der Waals surface area contributed by atoms with Crippen molar-refractivity contribution >= 4 is 33.6 Å². The number of aryl methyl sites for hydroxylation is 1. The summed E-state index contributed by atoms with van der Waals surface area (Å²) in [6, 6.07) is 21.8. The molecule has 1 aliphatic heterocycles. The SMILES string of the molecule is Cc1ccc(-c2ccc(/C=C(\C#N)C(=O)N3CCN(c4ccccc4)CC3)o2)c(Br)c1. The van der Waals surface area contributed by atoms with Crippen molar-refractivity contribution in [2.24, 2.45) is 0 Å². The van der Waals surface area contributed by atoms with E-state index in [0.29, 0.717) is 24.6 Å². The van der Waals surface area contributed by atoms with Crippen molar-refractivity contribution in [3.63, 3.8) is 0 Å². The Hall–Kier alpha value is -3.30. The zero-order valence-electron chi connectivity index (χ0n) is 17.2. The molecule has 2 aromatic carbocycles. The minimum absolute atomic E-state index is 0.0806. The maximum Gasteiger partial charge on any atom is 0.264 e. The number of carbonyl (C=O) groups is 1. The molecular formula is C25H22BrN3O2. The molecule has 0 saturated carbocycles. The van der Waals surface area contributed by atoms with Gasteiger partial charge in [0, 0.05) is 48.0 Å². The summed E-state index contributed by atoms with van der Waals surface area (Å²) in [5.41, 5.74) is 3.30. The quantitative estimate of drug-likeness (QED) is 0.380. The van der Waals surface area contributed by atoms with Crippen molar-refractivity contribution in [1.82, 2.24) is 4.90 Å². The van der Waals surface area contributed by atoms with Crippen LogP contribution in [0.1, 0.15) is 11.3 Å². The van der Waals surface area contributed by atoms with E-state index in [1.807, 2.05) is 55.5 Å². The molecular weight excluding hydrogens is 454 g/mol. The van der Waals surface area contributed by atoms with E-state index in [-0.39, 0.29) is 11.5 Å². The smallest absolute Gasteiger partial charge is 0.264 e. The first-order valence-electron chi connectivity index (χ1n) is 10.1. The molecule has 31 heavy (non-hydrogen) atoms. The van der Waals surface area contributed by atoms with E-state index in [1.165, 1.54) is 6.08 Å². The molecule has 0 bridgehead atoms. The average molecular weight is 476 g/mol. The number of rotatable bonds is 4. The van der Waals surface area contributed by atoms with Gasteiger partial charge in [-0.3, -0.25) is 4.79 Å². The summed E-state index contributed by atoms with van der Waals surface area (Å²) in [6.45, 7) is 4.65. The van der Waals surface area contributed by atoms with Crippen molar-refractivity contribution in [3.05, 3.63) is 82.0 Å². The summed E-state index contributed by atoms with van der Waals surface area (Å²) in [4.78, 5) is 16.9. The van der Waals surface area contributed by atoms with E-state index in [9.17, 15) is 10.1 Å². The largest absolute Gasteiger partial charge is 0.457 e. The lowest BCUT2D eigenvalue weighted by Gasteiger charge is -2.36. The van der Waals surface area contributed by atoms with Gasteiger partial charge in [-0.05, 0) is 48.9 Å². The Balaban J connectivity index is 1.46. The third-order valence-electron chi connectivity index (χ3n) is 5.34.